The molecule has 4 nitrogen and oxygen atoms in total. The van der Waals surface area contributed by atoms with Gasteiger partial charge in [-0.1, -0.05) is 0 Å². The minimum atomic E-state index is -0.141. The zero-order valence-electron chi connectivity index (χ0n) is 11.3. The van der Waals surface area contributed by atoms with Crippen LogP contribution >= 0.6 is 0 Å². The molecule has 1 amide bonds. The van der Waals surface area contributed by atoms with Crippen LogP contribution in [0, 0.1) is 5.92 Å². The number of rotatable bonds is 3. The summed E-state index contributed by atoms with van der Waals surface area (Å²) in [6, 6.07) is 0.713. The summed E-state index contributed by atoms with van der Waals surface area (Å²) in [5.74, 6) is 1.15. The molecule has 4 heteroatoms. The van der Waals surface area contributed by atoms with Crippen molar-refractivity contribution in [2.45, 2.75) is 44.8 Å². The molecule has 1 saturated carbocycles. The number of hydrogen-bond donors (Lipinski definition) is 0. The number of ether oxygens (including phenoxy) is 1. The normalized spacial score (nSPS) is 31.6. The van der Waals surface area contributed by atoms with E-state index in [-0.39, 0.29) is 12.0 Å². The molecule has 3 fully saturated rings. The van der Waals surface area contributed by atoms with Gasteiger partial charge in [-0.3, -0.25) is 9.69 Å². The van der Waals surface area contributed by atoms with Gasteiger partial charge in [-0.15, -0.1) is 0 Å². The van der Waals surface area contributed by atoms with E-state index in [4.69, 9.17) is 4.74 Å². The lowest BCUT2D eigenvalue weighted by Gasteiger charge is -2.38. The SMILES string of the molecule is CC(C1CC1)N1CCN(C(=O)C2CCCO2)CC1. The van der Waals surface area contributed by atoms with Crippen molar-refractivity contribution >= 4 is 5.91 Å². The lowest BCUT2D eigenvalue weighted by atomic mass is 10.1. The van der Waals surface area contributed by atoms with Crippen LogP contribution in [0.2, 0.25) is 0 Å². The molecule has 3 rings (SSSR count). The van der Waals surface area contributed by atoms with Crippen molar-refractivity contribution in [3.63, 3.8) is 0 Å². The topological polar surface area (TPSA) is 32.8 Å². The lowest BCUT2D eigenvalue weighted by molar-refractivity contribution is -0.143. The Labute approximate surface area is 109 Å². The Morgan fingerprint density at radius 2 is 1.89 bits per heavy atom. The molecule has 0 aromatic rings. The number of carbonyl (C=O) groups is 1. The Bertz CT molecular complexity index is 303. The Kier molecular flexibility index (Phi) is 3.57. The molecule has 0 radical (unpaired) electrons. The Hall–Kier alpha value is -0.610. The van der Waals surface area contributed by atoms with Crippen LogP contribution in [0.3, 0.4) is 0 Å². The van der Waals surface area contributed by atoms with Gasteiger partial charge in [0.05, 0.1) is 0 Å². The Morgan fingerprint density at radius 1 is 1.17 bits per heavy atom. The maximum atomic E-state index is 12.2. The molecule has 2 aliphatic heterocycles. The lowest BCUT2D eigenvalue weighted by Crippen LogP contribution is -2.53. The van der Waals surface area contributed by atoms with Gasteiger partial charge >= 0.3 is 0 Å². The van der Waals surface area contributed by atoms with Crippen LogP contribution in [0.4, 0.5) is 0 Å². The monoisotopic (exact) mass is 252 g/mol. The van der Waals surface area contributed by atoms with Crippen LogP contribution in [0.15, 0.2) is 0 Å². The third kappa shape index (κ3) is 2.54. The molecule has 0 bridgehead atoms. The number of nitrogens with zero attached hydrogens (tertiary/aromatic N) is 2. The van der Waals surface area contributed by atoms with Crippen LogP contribution in [0.1, 0.15) is 32.6 Å². The summed E-state index contributed by atoms with van der Waals surface area (Å²) in [5, 5.41) is 0. The molecule has 2 unspecified atom stereocenters. The smallest absolute Gasteiger partial charge is 0.251 e. The minimum absolute atomic E-state index is 0.141. The number of amides is 1. The van der Waals surface area contributed by atoms with Gasteiger partial charge in [0.15, 0.2) is 0 Å². The second kappa shape index (κ2) is 5.17. The van der Waals surface area contributed by atoms with E-state index in [0.29, 0.717) is 6.04 Å². The fourth-order valence-electron chi connectivity index (χ4n) is 3.20. The molecule has 3 aliphatic rings. The maximum absolute atomic E-state index is 12.2. The first kappa shape index (κ1) is 12.4. The molecular weight excluding hydrogens is 228 g/mol. The fourth-order valence-corrected chi connectivity index (χ4v) is 3.20. The molecule has 1 aliphatic carbocycles. The van der Waals surface area contributed by atoms with Crippen molar-refractivity contribution in [2.24, 2.45) is 5.92 Å². The van der Waals surface area contributed by atoms with E-state index in [2.05, 4.69) is 11.8 Å². The van der Waals surface area contributed by atoms with Gasteiger partial charge in [-0.25, -0.2) is 0 Å². The average Bonchev–Trinajstić information content (AvgIpc) is 3.12. The molecule has 0 N–H and O–H groups in total. The summed E-state index contributed by atoms with van der Waals surface area (Å²) in [7, 11) is 0. The number of piperazine rings is 1. The van der Waals surface area contributed by atoms with Crippen molar-refractivity contribution in [2.75, 3.05) is 32.8 Å². The second-order valence-electron chi connectivity index (χ2n) is 5.94. The predicted octanol–water partition coefficient (Wildman–Crippen LogP) is 1.11. The second-order valence-corrected chi connectivity index (χ2v) is 5.94. The number of carbonyl (C=O) groups excluding carboxylic acids is 1. The molecule has 0 aromatic heterocycles. The highest BCUT2D eigenvalue weighted by Crippen LogP contribution is 2.35. The van der Waals surface area contributed by atoms with E-state index in [1.807, 2.05) is 4.90 Å². The van der Waals surface area contributed by atoms with Crippen molar-refractivity contribution in [3.8, 4) is 0 Å². The highest BCUT2D eigenvalue weighted by atomic mass is 16.5. The molecule has 0 aromatic carbocycles. The highest BCUT2D eigenvalue weighted by molar-refractivity contribution is 5.81. The van der Waals surface area contributed by atoms with Gasteiger partial charge in [0.1, 0.15) is 6.10 Å². The Balaban J connectivity index is 1.48. The zero-order chi connectivity index (χ0) is 12.5. The van der Waals surface area contributed by atoms with E-state index in [1.54, 1.807) is 0 Å². The minimum Gasteiger partial charge on any atom is -0.368 e. The fraction of sp³-hybridized carbons (Fsp3) is 0.929. The van der Waals surface area contributed by atoms with E-state index < -0.39 is 0 Å². The van der Waals surface area contributed by atoms with Gasteiger partial charge in [0, 0.05) is 38.8 Å². The summed E-state index contributed by atoms with van der Waals surface area (Å²) in [6.45, 7) is 6.95. The van der Waals surface area contributed by atoms with E-state index in [9.17, 15) is 4.79 Å². The van der Waals surface area contributed by atoms with Crippen LogP contribution < -0.4 is 0 Å². The van der Waals surface area contributed by atoms with Crippen molar-refractivity contribution in [1.82, 2.24) is 9.80 Å². The summed E-state index contributed by atoms with van der Waals surface area (Å²) in [5.41, 5.74) is 0. The van der Waals surface area contributed by atoms with E-state index in [0.717, 1.165) is 51.5 Å². The van der Waals surface area contributed by atoms with Crippen molar-refractivity contribution < 1.29 is 9.53 Å². The third-order valence-electron chi connectivity index (χ3n) is 4.71. The summed E-state index contributed by atoms with van der Waals surface area (Å²) < 4.78 is 5.49. The Morgan fingerprint density at radius 3 is 2.44 bits per heavy atom. The summed E-state index contributed by atoms with van der Waals surface area (Å²) >= 11 is 0. The molecule has 18 heavy (non-hydrogen) atoms. The largest absolute Gasteiger partial charge is 0.368 e. The van der Waals surface area contributed by atoms with E-state index in [1.165, 1.54) is 12.8 Å². The third-order valence-corrected chi connectivity index (χ3v) is 4.71. The highest BCUT2D eigenvalue weighted by Gasteiger charge is 2.35. The maximum Gasteiger partial charge on any atom is 0.251 e. The first-order valence-corrected chi connectivity index (χ1v) is 7.40. The van der Waals surface area contributed by atoms with Crippen LogP contribution in [0.25, 0.3) is 0 Å². The molecule has 2 saturated heterocycles. The first-order valence-electron chi connectivity index (χ1n) is 7.40. The molecular formula is C14H24N2O2. The van der Waals surface area contributed by atoms with E-state index >= 15 is 0 Å². The van der Waals surface area contributed by atoms with Gasteiger partial charge in [-0.2, -0.15) is 0 Å². The first-order chi connectivity index (χ1) is 8.75. The van der Waals surface area contributed by atoms with Gasteiger partial charge in [-0.05, 0) is 38.5 Å². The molecule has 102 valence electrons. The van der Waals surface area contributed by atoms with Crippen molar-refractivity contribution in [1.29, 1.82) is 0 Å². The van der Waals surface area contributed by atoms with Gasteiger partial charge in [0.25, 0.3) is 5.91 Å². The standard InChI is InChI=1S/C14H24N2O2/c1-11(12-4-5-12)15-6-8-16(9-7-15)14(17)13-3-2-10-18-13/h11-13H,2-10H2,1H3. The van der Waals surface area contributed by atoms with Crippen molar-refractivity contribution in [3.05, 3.63) is 0 Å². The van der Waals surface area contributed by atoms with Crippen LogP contribution in [0.5, 0.6) is 0 Å². The summed E-state index contributed by atoms with van der Waals surface area (Å²) in [4.78, 5) is 16.8. The summed E-state index contributed by atoms with van der Waals surface area (Å²) in [6.07, 6.45) is 4.61. The van der Waals surface area contributed by atoms with Crippen LogP contribution in [-0.2, 0) is 9.53 Å². The predicted molar refractivity (Wildman–Crippen MR) is 69.3 cm³/mol. The zero-order valence-corrected chi connectivity index (χ0v) is 11.3. The van der Waals surface area contributed by atoms with Crippen LogP contribution in [-0.4, -0.2) is 60.6 Å². The molecule has 2 atom stereocenters. The quantitative estimate of drug-likeness (QED) is 0.754. The average molecular weight is 252 g/mol. The van der Waals surface area contributed by atoms with Gasteiger partial charge < -0.3 is 9.64 Å². The number of hydrogen-bond acceptors (Lipinski definition) is 3. The molecule has 0 spiro atoms. The van der Waals surface area contributed by atoms with Gasteiger partial charge in [0.2, 0.25) is 0 Å². The molecule has 2 heterocycles.